The SMILES string of the molecule is CC(O)c1ccc(SCc2sccc2Br)cc1. The maximum Gasteiger partial charge on any atom is 0.0761 e. The van der Waals surface area contributed by atoms with E-state index in [0.717, 1.165) is 11.3 Å². The maximum atomic E-state index is 9.42. The molecule has 4 heteroatoms. The molecule has 0 saturated carbocycles. The van der Waals surface area contributed by atoms with Crippen LogP contribution in [0.1, 0.15) is 23.5 Å². The quantitative estimate of drug-likeness (QED) is 0.809. The zero-order valence-corrected chi connectivity index (χ0v) is 12.6. The molecule has 1 nitrogen and oxygen atoms in total. The summed E-state index contributed by atoms with van der Waals surface area (Å²) in [6.07, 6.45) is -0.388. The Kier molecular flexibility index (Phi) is 4.68. The van der Waals surface area contributed by atoms with Gasteiger partial charge in [0.1, 0.15) is 0 Å². The third kappa shape index (κ3) is 3.58. The molecular formula is C13H13BrOS2. The van der Waals surface area contributed by atoms with Gasteiger partial charge in [-0.1, -0.05) is 12.1 Å². The Bertz CT molecular complexity index is 476. The van der Waals surface area contributed by atoms with Gasteiger partial charge in [0.25, 0.3) is 0 Å². The van der Waals surface area contributed by atoms with Crippen LogP contribution in [-0.4, -0.2) is 5.11 Å². The summed E-state index contributed by atoms with van der Waals surface area (Å²) < 4.78 is 1.19. The molecule has 0 radical (unpaired) electrons. The summed E-state index contributed by atoms with van der Waals surface area (Å²) in [7, 11) is 0. The fourth-order valence-corrected chi connectivity index (χ4v) is 4.11. The van der Waals surface area contributed by atoms with E-state index in [2.05, 4.69) is 39.5 Å². The van der Waals surface area contributed by atoms with Crippen molar-refractivity contribution in [1.29, 1.82) is 0 Å². The predicted molar refractivity (Wildman–Crippen MR) is 78.7 cm³/mol. The van der Waals surface area contributed by atoms with Crippen molar-refractivity contribution in [3.8, 4) is 0 Å². The molecule has 1 aromatic heterocycles. The van der Waals surface area contributed by atoms with Gasteiger partial charge in [0.05, 0.1) is 6.10 Å². The highest BCUT2D eigenvalue weighted by Gasteiger charge is 2.04. The summed E-state index contributed by atoms with van der Waals surface area (Å²) in [5, 5.41) is 11.5. The molecule has 1 heterocycles. The minimum absolute atomic E-state index is 0.388. The number of rotatable bonds is 4. The van der Waals surface area contributed by atoms with E-state index in [9.17, 15) is 5.11 Å². The zero-order chi connectivity index (χ0) is 12.3. The monoisotopic (exact) mass is 328 g/mol. The number of hydrogen-bond donors (Lipinski definition) is 1. The van der Waals surface area contributed by atoms with E-state index >= 15 is 0 Å². The molecular weight excluding hydrogens is 316 g/mol. The molecule has 1 atom stereocenters. The first-order valence-corrected chi connectivity index (χ1v) is 7.95. The van der Waals surface area contributed by atoms with Gasteiger partial charge in [0.15, 0.2) is 0 Å². The fraction of sp³-hybridized carbons (Fsp3) is 0.231. The summed E-state index contributed by atoms with van der Waals surface area (Å²) in [5.74, 6) is 0.978. The van der Waals surface area contributed by atoms with Crippen molar-refractivity contribution in [2.24, 2.45) is 0 Å². The molecule has 0 amide bonds. The van der Waals surface area contributed by atoms with E-state index in [1.807, 2.05) is 23.9 Å². The second-order valence-corrected chi connectivity index (χ2v) is 6.63. The largest absolute Gasteiger partial charge is 0.389 e. The number of aliphatic hydroxyl groups is 1. The average Bonchev–Trinajstić information content (AvgIpc) is 2.73. The number of halogens is 1. The Balaban J connectivity index is 1.98. The van der Waals surface area contributed by atoms with Crippen LogP contribution in [-0.2, 0) is 5.75 Å². The van der Waals surface area contributed by atoms with Crippen molar-refractivity contribution in [1.82, 2.24) is 0 Å². The van der Waals surface area contributed by atoms with Gasteiger partial charge in [-0.3, -0.25) is 0 Å². The van der Waals surface area contributed by atoms with Gasteiger partial charge >= 0.3 is 0 Å². The molecule has 1 unspecified atom stereocenters. The lowest BCUT2D eigenvalue weighted by atomic mass is 10.1. The summed E-state index contributed by atoms with van der Waals surface area (Å²) in [6, 6.07) is 10.2. The molecule has 2 aromatic rings. The minimum atomic E-state index is -0.388. The Labute approximate surface area is 118 Å². The van der Waals surface area contributed by atoms with Crippen LogP contribution in [0.4, 0.5) is 0 Å². The minimum Gasteiger partial charge on any atom is -0.389 e. The Morgan fingerprint density at radius 1 is 1.29 bits per heavy atom. The second-order valence-electron chi connectivity index (χ2n) is 3.73. The van der Waals surface area contributed by atoms with Gasteiger partial charge in [-0.05, 0) is 52.0 Å². The van der Waals surface area contributed by atoms with E-state index in [-0.39, 0.29) is 6.10 Å². The van der Waals surface area contributed by atoms with Crippen molar-refractivity contribution < 1.29 is 5.11 Å². The van der Waals surface area contributed by atoms with Crippen LogP contribution in [0, 0.1) is 0 Å². The lowest BCUT2D eigenvalue weighted by Gasteiger charge is -2.05. The van der Waals surface area contributed by atoms with Gasteiger partial charge in [-0.2, -0.15) is 0 Å². The molecule has 0 aliphatic carbocycles. The van der Waals surface area contributed by atoms with Crippen molar-refractivity contribution in [3.63, 3.8) is 0 Å². The molecule has 1 aromatic carbocycles. The molecule has 2 rings (SSSR count). The first-order chi connectivity index (χ1) is 8.16. The van der Waals surface area contributed by atoms with E-state index in [4.69, 9.17) is 0 Å². The molecule has 90 valence electrons. The van der Waals surface area contributed by atoms with Crippen molar-refractivity contribution in [3.05, 3.63) is 50.6 Å². The van der Waals surface area contributed by atoms with E-state index in [1.54, 1.807) is 18.3 Å². The summed E-state index contributed by atoms with van der Waals surface area (Å²) in [6.45, 7) is 1.78. The van der Waals surface area contributed by atoms with Crippen molar-refractivity contribution in [2.75, 3.05) is 0 Å². The first-order valence-electron chi connectivity index (χ1n) is 5.29. The predicted octanol–water partition coefficient (Wildman–Crippen LogP) is 4.86. The van der Waals surface area contributed by atoms with Crippen LogP contribution in [0.2, 0.25) is 0 Å². The van der Waals surface area contributed by atoms with E-state index < -0.39 is 0 Å². The standard InChI is InChI=1S/C13H13BrOS2/c1-9(15)10-2-4-11(5-3-10)17-8-13-12(14)6-7-16-13/h2-7,9,15H,8H2,1H3. The van der Waals surface area contributed by atoms with Gasteiger partial charge < -0.3 is 5.11 Å². The number of benzene rings is 1. The summed E-state index contributed by atoms with van der Waals surface area (Å²) in [4.78, 5) is 2.59. The molecule has 0 spiro atoms. The van der Waals surface area contributed by atoms with Crippen LogP contribution in [0.25, 0.3) is 0 Å². The lowest BCUT2D eigenvalue weighted by molar-refractivity contribution is 0.199. The van der Waals surface area contributed by atoms with Crippen molar-refractivity contribution >= 4 is 39.0 Å². The average molecular weight is 329 g/mol. The Hall–Kier alpha value is -0.290. The number of aliphatic hydroxyl groups excluding tert-OH is 1. The topological polar surface area (TPSA) is 20.2 Å². The smallest absolute Gasteiger partial charge is 0.0761 e. The van der Waals surface area contributed by atoms with Crippen LogP contribution in [0.15, 0.2) is 45.1 Å². The third-order valence-electron chi connectivity index (χ3n) is 2.42. The number of thiophene rings is 1. The highest BCUT2D eigenvalue weighted by Crippen LogP contribution is 2.30. The third-order valence-corrected chi connectivity index (χ3v) is 5.57. The molecule has 0 fully saturated rings. The fourth-order valence-electron chi connectivity index (χ4n) is 1.42. The Morgan fingerprint density at radius 3 is 2.53 bits per heavy atom. The lowest BCUT2D eigenvalue weighted by Crippen LogP contribution is -1.89. The van der Waals surface area contributed by atoms with Gasteiger partial charge in [-0.15, -0.1) is 23.1 Å². The van der Waals surface area contributed by atoms with E-state index in [1.165, 1.54) is 14.2 Å². The van der Waals surface area contributed by atoms with Crippen LogP contribution >= 0.6 is 39.0 Å². The van der Waals surface area contributed by atoms with Gasteiger partial charge in [0.2, 0.25) is 0 Å². The van der Waals surface area contributed by atoms with Crippen LogP contribution in [0.3, 0.4) is 0 Å². The highest BCUT2D eigenvalue weighted by molar-refractivity contribution is 9.10. The number of hydrogen-bond acceptors (Lipinski definition) is 3. The van der Waals surface area contributed by atoms with E-state index in [0.29, 0.717) is 0 Å². The zero-order valence-electron chi connectivity index (χ0n) is 9.39. The van der Waals surface area contributed by atoms with Crippen molar-refractivity contribution in [2.45, 2.75) is 23.7 Å². The number of thioether (sulfide) groups is 1. The molecule has 0 bridgehead atoms. The van der Waals surface area contributed by atoms with Crippen LogP contribution < -0.4 is 0 Å². The molecule has 0 aliphatic heterocycles. The molecule has 17 heavy (non-hydrogen) atoms. The summed E-state index contributed by atoms with van der Waals surface area (Å²) in [5.41, 5.74) is 0.964. The highest BCUT2D eigenvalue weighted by atomic mass is 79.9. The van der Waals surface area contributed by atoms with Gasteiger partial charge in [0, 0.05) is 20.0 Å². The Morgan fingerprint density at radius 2 is 2.00 bits per heavy atom. The summed E-state index contributed by atoms with van der Waals surface area (Å²) >= 11 is 7.12. The van der Waals surface area contributed by atoms with Crippen LogP contribution in [0.5, 0.6) is 0 Å². The first kappa shape index (κ1) is 13.1. The normalized spacial score (nSPS) is 12.6. The van der Waals surface area contributed by atoms with Gasteiger partial charge in [-0.25, -0.2) is 0 Å². The molecule has 0 aliphatic rings. The molecule has 1 N–H and O–H groups in total. The molecule has 0 saturated heterocycles. The second kappa shape index (κ2) is 6.05. The maximum absolute atomic E-state index is 9.42.